The maximum absolute atomic E-state index is 12.7. The zero-order valence-corrected chi connectivity index (χ0v) is 17.2. The van der Waals surface area contributed by atoms with Crippen molar-refractivity contribution in [1.82, 2.24) is 19.0 Å². The number of ketones is 1. The van der Waals surface area contributed by atoms with Gasteiger partial charge >= 0.3 is 0 Å². The van der Waals surface area contributed by atoms with Crippen LogP contribution < -0.4 is 5.43 Å². The minimum absolute atomic E-state index is 0.120. The summed E-state index contributed by atoms with van der Waals surface area (Å²) in [6.45, 7) is 4.26. The Hall–Kier alpha value is -2.78. The van der Waals surface area contributed by atoms with Crippen molar-refractivity contribution in [3.8, 4) is 5.69 Å². The van der Waals surface area contributed by atoms with Crippen molar-refractivity contribution < 1.29 is 13.2 Å². The Morgan fingerprint density at radius 2 is 1.86 bits per heavy atom. The lowest BCUT2D eigenvalue weighted by Gasteiger charge is -2.19. The van der Waals surface area contributed by atoms with Crippen molar-refractivity contribution in [2.45, 2.75) is 18.7 Å². The second kappa shape index (κ2) is 8.94. The van der Waals surface area contributed by atoms with Gasteiger partial charge in [0.05, 0.1) is 10.6 Å². The maximum atomic E-state index is 12.7. The summed E-state index contributed by atoms with van der Waals surface area (Å²) in [6.07, 6.45) is 4.19. The van der Waals surface area contributed by atoms with E-state index in [1.807, 2.05) is 0 Å². The largest absolute Gasteiger partial charge is 0.383 e. The summed E-state index contributed by atoms with van der Waals surface area (Å²) in [5.74, 6) is -0.528. The predicted octanol–water partition coefficient (Wildman–Crippen LogP) is 1.52. The van der Waals surface area contributed by atoms with Gasteiger partial charge in [-0.1, -0.05) is 19.9 Å². The number of carbonyl (C=O) groups is 1. The molecule has 2 rings (SSSR count). The van der Waals surface area contributed by atoms with E-state index in [1.54, 1.807) is 45.0 Å². The second-order valence-corrected chi connectivity index (χ2v) is 8.14. The summed E-state index contributed by atoms with van der Waals surface area (Å²) in [5, 5.41) is 4.11. The normalized spacial score (nSPS) is 11.9. The predicted molar refractivity (Wildman–Crippen MR) is 107 cm³/mol. The van der Waals surface area contributed by atoms with E-state index in [0.717, 1.165) is 0 Å². The summed E-state index contributed by atoms with van der Waals surface area (Å²) in [6, 6.07) is 7.46. The highest BCUT2D eigenvalue weighted by molar-refractivity contribution is 7.89. The zero-order chi connectivity index (χ0) is 20.9. The molecule has 28 heavy (non-hydrogen) atoms. The summed E-state index contributed by atoms with van der Waals surface area (Å²) < 4.78 is 28.1. The lowest BCUT2D eigenvalue weighted by atomic mass is 10.2. The maximum Gasteiger partial charge on any atom is 0.243 e. The summed E-state index contributed by atoms with van der Waals surface area (Å²) in [4.78, 5) is 26.1. The Morgan fingerprint density at radius 3 is 2.46 bits per heavy atom. The minimum atomic E-state index is -3.64. The van der Waals surface area contributed by atoms with Crippen LogP contribution in [-0.2, 0) is 10.0 Å². The third kappa shape index (κ3) is 4.73. The van der Waals surface area contributed by atoms with Crippen LogP contribution in [0.15, 0.2) is 58.5 Å². The number of benzene rings is 1. The van der Waals surface area contributed by atoms with E-state index in [2.05, 4.69) is 5.10 Å². The molecule has 0 saturated carbocycles. The molecule has 0 N–H and O–H groups in total. The third-order valence-electron chi connectivity index (χ3n) is 3.99. The van der Waals surface area contributed by atoms with E-state index < -0.39 is 21.2 Å². The summed E-state index contributed by atoms with van der Waals surface area (Å²) >= 11 is 0. The fourth-order valence-electron chi connectivity index (χ4n) is 2.52. The van der Waals surface area contributed by atoms with Gasteiger partial charge in [0.25, 0.3) is 0 Å². The Kier molecular flexibility index (Phi) is 6.87. The first-order valence-corrected chi connectivity index (χ1v) is 10.2. The molecule has 0 spiro atoms. The number of nitrogens with zero attached hydrogens (tertiary/aromatic N) is 4. The Morgan fingerprint density at radius 1 is 1.18 bits per heavy atom. The number of sulfonamides is 1. The lowest BCUT2D eigenvalue weighted by Crippen LogP contribution is -2.30. The van der Waals surface area contributed by atoms with Gasteiger partial charge in [0, 0.05) is 51.7 Å². The quantitative estimate of drug-likeness (QED) is 0.489. The van der Waals surface area contributed by atoms with Gasteiger partial charge in [0.1, 0.15) is 0 Å². The van der Waals surface area contributed by atoms with Gasteiger partial charge in [0.2, 0.25) is 21.2 Å². The van der Waals surface area contributed by atoms with Gasteiger partial charge in [-0.05, 0) is 18.2 Å². The van der Waals surface area contributed by atoms with Crippen LogP contribution in [0.3, 0.4) is 0 Å². The van der Waals surface area contributed by atoms with Crippen LogP contribution in [0.4, 0.5) is 0 Å². The molecular formula is C19H24N4O4S. The highest BCUT2D eigenvalue weighted by atomic mass is 32.2. The van der Waals surface area contributed by atoms with Crippen LogP contribution in [0, 0.1) is 0 Å². The molecule has 1 heterocycles. The standard InChI is InChI=1S/C19H24N4O4S/c1-5-22(6-2)28(26,27)16-9-7-8-15(14-16)23-13-11-18(25)19(20-23)17(24)10-12-21(3)4/h7-14H,5-6H2,1-4H3. The number of carbonyl (C=O) groups excluding carboxylic acids is 1. The molecule has 1 aromatic heterocycles. The molecule has 0 aliphatic carbocycles. The van der Waals surface area contributed by atoms with Gasteiger partial charge in [-0.2, -0.15) is 9.40 Å². The first-order chi connectivity index (χ1) is 13.2. The highest BCUT2D eigenvalue weighted by Gasteiger charge is 2.22. The number of allylic oxidation sites excluding steroid dienone is 1. The molecule has 150 valence electrons. The van der Waals surface area contributed by atoms with Crippen molar-refractivity contribution >= 4 is 15.8 Å². The van der Waals surface area contributed by atoms with Gasteiger partial charge in [0.15, 0.2) is 5.69 Å². The average Bonchev–Trinajstić information content (AvgIpc) is 2.67. The van der Waals surface area contributed by atoms with Gasteiger partial charge in [-0.15, -0.1) is 0 Å². The Bertz CT molecular complexity index is 1040. The van der Waals surface area contributed by atoms with E-state index in [4.69, 9.17) is 0 Å². The van der Waals surface area contributed by atoms with Crippen LogP contribution in [0.2, 0.25) is 0 Å². The van der Waals surface area contributed by atoms with E-state index in [1.165, 1.54) is 45.7 Å². The minimum Gasteiger partial charge on any atom is -0.383 e. The molecule has 0 unspecified atom stereocenters. The van der Waals surface area contributed by atoms with Crippen molar-refractivity contribution in [2.24, 2.45) is 0 Å². The third-order valence-corrected chi connectivity index (χ3v) is 6.04. The molecular weight excluding hydrogens is 380 g/mol. The smallest absolute Gasteiger partial charge is 0.243 e. The number of aromatic nitrogens is 2. The van der Waals surface area contributed by atoms with E-state index in [-0.39, 0.29) is 10.6 Å². The molecule has 0 radical (unpaired) electrons. The fraction of sp³-hybridized carbons (Fsp3) is 0.316. The van der Waals surface area contributed by atoms with Crippen molar-refractivity contribution in [3.05, 3.63) is 64.7 Å². The van der Waals surface area contributed by atoms with E-state index >= 15 is 0 Å². The first-order valence-electron chi connectivity index (χ1n) is 8.80. The number of rotatable bonds is 8. The molecule has 0 bridgehead atoms. The molecule has 0 amide bonds. The van der Waals surface area contributed by atoms with Crippen LogP contribution in [0.1, 0.15) is 24.3 Å². The van der Waals surface area contributed by atoms with Crippen molar-refractivity contribution in [1.29, 1.82) is 0 Å². The van der Waals surface area contributed by atoms with Gasteiger partial charge in [-0.3, -0.25) is 9.59 Å². The molecule has 2 aromatic rings. The first kappa shape index (κ1) is 21.5. The van der Waals surface area contributed by atoms with Gasteiger partial charge < -0.3 is 4.90 Å². The number of hydrogen-bond donors (Lipinski definition) is 0. The molecule has 1 aromatic carbocycles. The SMILES string of the molecule is CCN(CC)S(=O)(=O)c1cccc(-n2ccc(=O)c(C(=O)C=CN(C)C)n2)c1. The Labute approximate surface area is 164 Å². The van der Waals surface area contributed by atoms with E-state index in [9.17, 15) is 18.0 Å². The zero-order valence-electron chi connectivity index (χ0n) is 16.4. The summed E-state index contributed by atoms with van der Waals surface area (Å²) in [7, 11) is -0.133. The van der Waals surface area contributed by atoms with Crippen molar-refractivity contribution in [2.75, 3.05) is 27.2 Å². The number of hydrogen-bond acceptors (Lipinski definition) is 6. The average molecular weight is 404 g/mol. The topological polar surface area (TPSA) is 92.6 Å². The van der Waals surface area contributed by atoms with Crippen LogP contribution in [0.25, 0.3) is 5.69 Å². The van der Waals surface area contributed by atoms with E-state index in [0.29, 0.717) is 18.8 Å². The highest BCUT2D eigenvalue weighted by Crippen LogP contribution is 2.18. The second-order valence-electron chi connectivity index (χ2n) is 6.20. The lowest BCUT2D eigenvalue weighted by molar-refractivity contribution is 0.103. The molecule has 0 saturated heterocycles. The van der Waals surface area contributed by atoms with Crippen LogP contribution in [0.5, 0.6) is 0 Å². The summed E-state index contributed by atoms with van der Waals surface area (Å²) in [5.41, 5.74) is -0.312. The Balaban J connectivity index is 2.49. The van der Waals surface area contributed by atoms with Crippen LogP contribution >= 0.6 is 0 Å². The molecule has 0 aliphatic heterocycles. The fourth-order valence-corrected chi connectivity index (χ4v) is 4.02. The molecule has 0 aliphatic rings. The van der Waals surface area contributed by atoms with Crippen LogP contribution in [-0.4, -0.2) is 60.4 Å². The monoisotopic (exact) mass is 404 g/mol. The molecule has 0 fully saturated rings. The van der Waals surface area contributed by atoms with Gasteiger partial charge in [-0.25, -0.2) is 13.1 Å². The molecule has 9 heteroatoms. The molecule has 0 atom stereocenters. The molecule has 8 nitrogen and oxygen atoms in total. The van der Waals surface area contributed by atoms with Crippen molar-refractivity contribution in [3.63, 3.8) is 0 Å².